The number of ketones is 1. The predicted molar refractivity (Wildman–Crippen MR) is 78.6 cm³/mol. The van der Waals surface area contributed by atoms with E-state index in [-0.39, 0.29) is 17.3 Å². The fourth-order valence-corrected chi connectivity index (χ4v) is 1.74. The van der Waals surface area contributed by atoms with Gasteiger partial charge in [-0.2, -0.15) is 0 Å². The summed E-state index contributed by atoms with van der Waals surface area (Å²) < 4.78 is 0. The molecule has 2 aromatic carbocycles. The number of benzene rings is 2. The van der Waals surface area contributed by atoms with E-state index in [0.29, 0.717) is 11.1 Å². The number of carbonyl (C=O) groups is 1. The number of hydrogen-bond donors (Lipinski definition) is 1. The fraction of sp³-hybridized carbons (Fsp3) is 0.0625. The van der Waals surface area contributed by atoms with Gasteiger partial charge in [-0.05, 0) is 6.92 Å². The second-order valence-electron chi connectivity index (χ2n) is 4.18. The average molecular weight is 266 g/mol. The van der Waals surface area contributed by atoms with Gasteiger partial charge in [-0.1, -0.05) is 65.8 Å². The van der Waals surface area contributed by atoms with Gasteiger partial charge < -0.3 is 5.21 Å². The zero-order valence-electron chi connectivity index (χ0n) is 11.0. The van der Waals surface area contributed by atoms with Gasteiger partial charge in [0.1, 0.15) is 0 Å². The van der Waals surface area contributed by atoms with E-state index in [9.17, 15) is 4.79 Å². The second kappa shape index (κ2) is 6.43. The van der Waals surface area contributed by atoms with Crippen LogP contribution in [0.5, 0.6) is 0 Å². The minimum Gasteiger partial charge on any atom is -0.409 e. The molecule has 0 aliphatic rings. The van der Waals surface area contributed by atoms with Crippen molar-refractivity contribution in [3.05, 3.63) is 71.8 Å². The third kappa shape index (κ3) is 3.17. The normalized spacial score (nSPS) is 12.2. The lowest BCUT2D eigenvalue weighted by Crippen LogP contribution is -2.13. The van der Waals surface area contributed by atoms with Crippen molar-refractivity contribution in [1.29, 1.82) is 0 Å². The molecule has 0 radical (unpaired) electrons. The highest BCUT2D eigenvalue weighted by molar-refractivity contribution is 6.46. The highest BCUT2D eigenvalue weighted by Crippen LogP contribution is 2.06. The van der Waals surface area contributed by atoms with Crippen molar-refractivity contribution in [2.24, 2.45) is 10.1 Å². The van der Waals surface area contributed by atoms with Gasteiger partial charge in [0.05, 0.1) is 5.71 Å². The number of Topliss-reactive ketones (excluding diaryl/α,β-unsaturated/α-hetero) is 1. The van der Waals surface area contributed by atoms with Crippen molar-refractivity contribution in [1.82, 2.24) is 0 Å². The lowest BCUT2D eigenvalue weighted by atomic mass is 10.1. The molecule has 0 atom stereocenters. The molecule has 0 aliphatic carbocycles. The Balaban J connectivity index is 2.28. The standard InChI is InChI=1S/C16H14N2O2/c1-12(15(19)13-8-4-2-5-9-13)17-16(18-20)14-10-6-3-7-11-14/h2-11,20H,1H3. The predicted octanol–water partition coefficient (Wildman–Crippen LogP) is 3.17. The number of carbonyl (C=O) groups excluding carboxylic acids is 1. The Kier molecular flexibility index (Phi) is 4.39. The van der Waals surface area contributed by atoms with Gasteiger partial charge in [0.25, 0.3) is 0 Å². The molecule has 2 rings (SSSR count). The van der Waals surface area contributed by atoms with Crippen molar-refractivity contribution >= 4 is 17.3 Å². The van der Waals surface area contributed by atoms with E-state index < -0.39 is 0 Å². The molecule has 0 spiro atoms. The molecule has 2 aromatic rings. The molecule has 0 fully saturated rings. The Morgan fingerprint density at radius 1 is 0.900 bits per heavy atom. The van der Waals surface area contributed by atoms with Crippen molar-refractivity contribution < 1.29 is 10.0 Å². The zero-order valence-corrected chi connectivity index (χ0v) is 11.0. The molecule has 0 bridgehead atoms. The average Bonchev–Trinajstić information content (AvgIpc) is 2.53. The topological polar surface area (TPSA) is 62.0 Å². The first kappa shape index (κ1) is 13.7. The molecule has 4 nitrogen and oxygen atoms in total. The van der Waals surface area contributed by atoms with Crippen LogP contribution in [0.3, 0.4) is 0 Å². The van der Waals surface area contributed by atoms with Crippen LogP contribution in [0.1, 0.15) is 22.8 Å². The minimum atomic E-state index is -0.192. The van der Waals surface area contributed by atoms with Crippen LogP contribution in [0.4, 0.5) is 0 Å². The number of hydrogen-bond acceptors (Lipinski definition) is 3. The lowest BCUT2D eigenvalue weighted by molar-refractivity contribution is 0.106. The van der Waals surface area contributed by atoms with Gasteiger partial charge in [0.15, 0.2) is 5.84 Å². The zero-order chi connectivity index (χ0) is 14.4. The second-order valence-corrected chi connectivity index (χ2v) is 4.18. The molecule has 0 heterocycles. The summed E-state index contributed by atoms with van der Waals surface area (Å²) in [5.41, 5.74) is 1.47. The summed E-state index contributed by atoms with van der Waals surface area (Å²) in [6.45, 7) is 1.60. The van der Waals surface area contributed by atoms with Crippen molar-refractivity contribution in [3.8, 4) is 0 Å². The van der Waals surface area contributed by atoms with Crippen LogP contribution >= 0.6 is 0 Å². The maximum absolute atomic E-state index is 12.2. The Bertz CT molecular complexity index is 647. The summed E-state index contributed by atoms with van der Waals surface area (Å²) >= 11 is 0. The minimum absolute atomic E-state index is 0.118. The summed E-state index contributed by atoms with van der Waals surface area (Å²) in [6, 6.07) is 17.9. The number of nitrogens with zero attached hydrogens (tertiary/aromatic N) is 2. The molecule has 1 N–H and O–H groups in total. The van der Waals surface area contributed by atoms with Gasteiger partial charge in [-0.25, -0.2) is 4.99 Å². The van der Waals surface area contributed by atoms with Crippen molar-refractivity contribution in [2.45, 2.75) is 6.92 Å². The van der Waals surface area contributed by atoms with Gasteiger partial charge in [0.2, 0.25) is 5.78 Å². The first-order chi connectivity index (χ1) is 9.72. The molecule has 4 heteroatoms. The van der Waals surface area contributed by atoms with E-state index in [1.807, 2.05) is 24.3 Å². The fourth-order valence-electron chi connectivity index (χ4n) is 1.74. The molecule has 0 unspecified atom stereocenters. The molecular weight excluding hydrogens is 252 g/mol. The molecule has 0 aliphatic heterocycles. The van der Waals surface area contributed by atoms with Gasteiger partial charge >= 0.3 is 0 Å². The smallest absolute Gasteiger partial charge is 0.206 e. The summed E-state index contributed by atoms with van der Waals surface area (Å²) in [6.07, 6.45) is 0. The van der Waals surface area contributed by atoms with Gasteiger partial charge in [-0.15, -0.1) is 0 Å². The quantitative estimate of drug-likeness (QED) is 0.305. The van der Waals surface area contributed by atoms with Gasteiger partial charge in [-0.3, -0.25) is 4.79 Å². The van der Waals surface area contributed by atoms with Crippen LogP contribution in [-0.2, 0) is 0 Å². The van der Waals surface area contributed by atoms with Crippen molar-refractivity contribution in [2.75, 3.05) is 0 Å². The molecule has 100 valence electrons. The van der Waals surface area contributed by atoms with Crippen molar-refractivity contribution in [3.63, 3.8) is 0 Å². The maximum Gasteiger partial charge on any atom is 0.206 e. The molecular formula is C16H14N2O2. The molecule has 0 aromatic heterocycles. The van der Waals surface area contributed by atoms with E-state index in [2.05, 4.69) is 10.1 Å². The number of rotatable bonds is 3. The van der Waals surface area contributed by atoms with Crippen LogP contribution in [-0.4, -0.2) is 22.5 Å². The molecule has 0 saturated heterocycles. The number of amidine groups is 1. The summed E-state index contributed by atoms with van der Waals surface area (Å²) in [5.74, 6) is -0.0740. The third-order valence-electron chi connectivity index (χ3n) is 2.76. The highest BCUT2D eigenvalue weighted by Gasteiger charge is 2.11. The molecule has 20 heavy (non-hydrogen) atoms. The summed E-state index contributed by atoms with van der Waals surface area (Å²) in [7, 11) is 0. The maximum atomic E-state index is 12.2. The summed E-state index contributed by atoms with van der Waals surface area (Å²) in [5, 5.41) is 12.2. The number of oxime groups is 1. The number of aliphatic imine (C=N–C) groups is 1. The molecule has 0 saturated carbocycles. The van der Waals surface area contributed by atoms with E-state index in [4.69, 9.17) is 5.21 Å². The van der Waals surface area contributed by atoms with E-state index in [1.165, 1.54) is 0 Å². The van der Waals surface area contributed by atoms with Gasteiger partial charge in [0, 0.05) is 11.1 Å². The van der Waals surface area contributed by atoms with E-state index in [1.54, 1.807) is 43.3 Å². The van der Waals surface area contributed by atoms with Crippen LogP contribution < -0.4 is 0 Å². The Morgan fingerprint density at radius 2 is 1.40 bits per heavy atom. The monoisotopic (exact) mass is 266 g/mol. The summed E-state index contributed by atoms with van der Waals surface area (Å²) in [4.78, 5) is 16.3. The highest BCUT2D eigenvalue weighted by atomic mass is 16.4. The first-order valence-electron chi connectivity index (χ1n) is 6.15. The Morgan fingerprint density at radius 3 is 1.90 bits per heavy atom. The van der Waals surface area contributed by atoms with E-state index in [0.717, 1.165) is 0 Å². The first-order valence-corrected chi connectivity index (χ1v) is 6.15. The Labute approximate surface area is 117 Å². The largest absolute Gasteiger partial charge is 0.409 e. The van der Waals surface area contributed by atoms with Crippen LogP contribution in [0.25, 0.3) is 0 Å². The Hall–Kier alpha value is -2.75. The van der Waals surface area contributed by atoms with Crippen LogP contribution in [0.15, 0.2) is 70.8 Å². The molecule has 0 amide bonds. The third-order valence-corrected chi connectivity index (χ3v) is 2.76. The van der Waals surface area contributed by atoms with E-state index >= 15 is 0 Å². The van der Waals surface area contributed by atoms with Crippen LogP contribution in [0.2, 0.25) is 0 Å². The SMILES string of the molecule is CC(=NC(=NO)c1ccccc1)C(=O)c1ccccc1. The van der Waals surface area contributed by atoms with Crippen LogP contribution in [0, 0.1) is 0 Å². The lowest BCUT2D eigenvalue weighted by Gasteiger charge is -2.02.